The van der Waals surface area contributed by atoms with E-state index in [1.807, 2.05) is 6.92 Å². The Morgan fingerprint density at radius 3 is 2.80 bits per heavy atom. The van der Waals surface area contributed by atoms with Gasteiger partial charge in [-0.25, -0.2) is 8.42 Å². The lowest BCUT2D eigenvalue weighted by molar-refractivity contribution is 0.600. The van der Waals surface area contributed by atoms with Crippen molar-refractivity contribution < 1.29 is 8.42 Å². The van der Waals surface area contributed by atoms with Gasteiger partial charge in [-0.2, -0.15) is 5.10 Å². The van der Waals surface area contributed by atoms with E-state index in [1.165, 1.54) is 0 Å². The van der Waals surface area contributed by atoms with Gasteiger partial charge >= 0.3 is 0 Å². The first-order chi connectivity index (χ1) is 9.50. The zero-order valence-electron chi connectivity index (χ0n) is 11.3. The Morgan fingerprint density at radius 2 is 2.10 bits per heavy atom. The molecule has 0 bridgehead atoms. The zero-order valence-corrected chi connectivity index (χ0v) is 12.1. The van der Waals surface area contributed by atoms with Crippen molar-refractivity contribution >= 4 is 21.5 Å². The second kappa shape index (κ2) is 5.96. The molecule has 0 spiro atoms. The number of rotatable bonds is 6. The molecule has 0 atom stereocenters. The highest BCUT2D eigenvalue weighted by Gasteiger charge is 2.15. The first-order valence-corrected chi connectivity index (χ1v) is 8.03. The summed E-state index contributed by atoms with van der Waals surface area (Å²) >= 11 is 0. The molecule has 0 fully saturated rings. The summed E-state index contributed by atoms with van der Waals surface area (Å²) in [4.78, 5) is 0. The number of hydrogen-bond donors (Lipinski definition) is 3. The number of para-hydroxylation sites is 1. The van der Waals surface area contributed by atoms with Crippen LogP contribution in [-0.2, 0) is 22.2 Å². The minimum absolute atomic E-state index is 0.171. The van der Waals surface area contributed by atoms with E-state index in [-0.39, 0.29) is 5.75 Å². The Morgan fingerprint density at radius 1 is 1.35 bits per heavy atom. The van der Waals surface area contributed by atoms with Crippen LogP contribution in [-0.4, -0.2) is 18.6 Å². The normalized spacial score (nSPS) is 11.4. The zero-order chi connectivity index (χ0) is 14.6. The van der Waals surface area contributed by atoms with Crippen LogP contribution in [0.25, 0.3) is 0 Å². The van der Waals surface area contributed by atoms with Crippen molar-refractivity contribution in [3.05, 3.63) is 41.6 Å². The minimum atomic E-state index is -3.52. The number of aryl methyl sites for hydroxylation is 1. The van der Waals surface area contributed by atoms with E-state index < -0.39 is 10.0 Å². The van der Waals surface area contributed by atoms with E-state index in [0.717, 1.165) is 18.5 Å². The Kier molecular flexibility index (Phi) is 4.29. The predicted molar refractivity (Wildman–Crippen MR) is 79.7 cm³/mol. The number of anilines is 2. The molecule has 6 nitrogen and oxygen atoms in total. The number of nitrogens with zero attached hydrogens (tertiary/aromatic N) is 1. The highest BCUT2D eigenvalue weighted by molar-refractivity contribution is 7.91. The molecule has 0 amide bonds. The lowest BCUT2D eigenvalue weighted by Gasteiger charge is -2.07. The molecule has 4 N–H and O–H groups in total. The van der Waals surface area contributed by atoms with Crippen LogP contribution in [0.3, 0.4) is 0 Å². The summed E-state index contributed by atoms with van der Waals surface area (Å²) in [5.41, 5.74) is 7.70. The summed E-state index contributed by atoms with van der Waals surface area (Å²) in [7, 11) is -3.52. The van der Waals surface area contributed by atoms with Crippen LogP contribution in [0.4, 0.5) is 11.5 Å². The van der Waals surface area contributed by atoms with Gasteiger partial charge in [-0.05, 0) is 18.1 Å². The summed E-state index contributed by atoms with van der Waals surface area (Å²) in [5.74, 6) is 0.137. The van der Waals surface area contributed by atoms with Gasteiger partial charge in [0.1, 0.15) is 0 Å². The molecule has 0 aliphatic carbocycles. The third-order valence-corrected chi connectivity index (χ3v) is 4.02. The van der Waals surface area contributed by atoms with Gasteiger partial charge in [-0.1, -0.05) is 31.5 Å². The maximum atomic E-state index is 12.1. The number of nitrogens with one attached hydrogen (secondary N) is 2. The highest BCUT2D eigenvalue weighted by Crippen LogP contribution is 2.16. The monoisotopic (exact) mass is 294 g/mol. The number of nitrogens with two attached hydrogens (primary N) is 1. The van der Waals surface area contributed by atoms with Crippen molar-refractivity contribution in [2.45, 2.75) is 25.5 Å². The van der Waals surface area contributed by atoms with Crippen LogP contribution in [0.1, 0.15) is 24.6 Å². The molecule has 0 radical (unpaired) electrons. The molecule has 1 heterocycles. The second-order valence-corrected chi connectivity index (χ2v) is 6.31. The van der Waals surface area contributed by atoms with E-state index in [0.29, 0.717) is 17.1 Å². The molecule has 20 heavy (non-hydrogen) atoms. The SMILES string of the molecule is CCCc1cc(NS(=O)(=O)Cc2ccccc2N)n[nH]1. The minimum Gasteiger partial charge on any atom is -0.398 e. The Bertz CT molecular complexity index is 679. The fourth-order valence-corrected chi connectivity index (χ4v) is 3.04. The fourth-order valence-electron chi connectivity index (χ4n) is 1.88. The fraction of sp³-hybridized carbons (Fsp3) is 0.308. The third-order valence-electron chi connectivity index (χ3n) is 2.81. The summed E-state index contributed by atoms with van der Waals surface area (Å²) in [6.45, 7) is 2.04. The van der Waals surface area contributed by atoms with Gasteiger partial charge in [-0.3, -0.25) is 9.82 Å². The molecule has 2 rings (SSSR count). The first-order valence-electron chi connectivity index (χ1n) is 6.38. The summed E-state index contributed by atoms with van der Waals surface area (Å²) < 4.78 is 26.6. The lowest BCUT2D eigenvalue weighted by Crippen LogP contribution is -2.16. The average molecular weight is 294 g/mol. The van der Waals surface area contributed by atoms with Crippen LogP contribution in [0, 0.1) is 0 Å². The molecule has 1 aromatic carbocycles. The van der Waals surface area contributed by atoms with Crippen molar-refractivity contribution in [2.24, 2.45) is 0 Å². The van der Waals surface area contributed by atoms with Gasteiger partial charge in [0.2, 0.25) is 10.0 Å². The van der Waals surface area contributed by atoms with Gasteiger partial charge in [0.25, 0.3) is 0 Å². The molecule has 0 aliphatic heterocycles. The Labute approximate surface area is 118 Å². The number of sulfonamides is 1. The largest absolute Gasteiger partial charge is 0.398 e. The molecule has 7 heteroatoms. The third kappa shape index (κ3) is 3.74. The molecular formula is C13H18N4O2S. The standard InChI is InChI=1S/C13H18N4O2S/c1-2-5-11-8-13(16-15-11)17-20(18,19)9-10-6-3-4-7-12(10)14/h3-4,6-8H,2,5,9,14H2,1H3,(H2,15,16,17). The van der Waals surface area contributed by atoms with E-state index in [9.17, 15) is 8.42 Å². The number of benzene rings is 1. The number of H-pyrrole nitrogens is 1. The Balaban J connectivity index is 2.09. The summed E-state index contributed by atoms with van der Waals surface area (Å²) in [6.07, 6.45) is 1.80. The molecule has 0 aliphatic rings. The van der Waals surface area contributed by atoms with E-state index in [2.05, 4.69) is 14.9 Å². The highest BCUT2D eigenvalue weighted by atomic mass is 32.2. The van der Waals surface area contributed by atoms with Crippen molar-refractivity contribution in [1.82, 2.24) is 10.2 Å². The van der Waals surface area contributed by atoms with Gasteiger partial charge in [0.15, 0.2) is 5.82 Å². The molecule has 0 unspecified atom stereocenters. The number of aromatic amines is 1. The van der Waals surface area contributed by atoms with Gasteiger partial charge in [0.05, 0.1) is 5.75 Å². The second-order valence-electron chi connectivity index (χ2n) is 4.59. The van der Waals surface area contributed by atoms with E-state index in [1.54, 1.807) is 30.3 Å². The molecule has 1 aromatic heterocycles. The predicted octanol–water partition coefficient (Wildman–Crippen LogP) is 1.89. The Hall–Kier alpha value is -2.02. The van der Waals surface area contributed by atoms with E-state index in [4.69, 9.17) is 5.73 Å². The maximum Gasteiger partial charge on any atom is 0.238 e. The number of nitrogen functional groups attached to an aromatic ring is 1. The van der Waals surface area contributed by atoms with Crippen LogP contribution in [0.15, 0.2) is 30.3 Å². The summed E-state index contributed by atoms with van der Waals surface area (Å²) in [5, 5.41) is 6.74. The molecular weight excluding hydrogens is 276 g/mol. The average Bonchev–Trinajstić information content (AvgIpc) is 2.79. The van der Waals surface area contributed by atoms with Gasteiger partial charge in [0, 0.05) is 17.4 Å². The van der Waals surface area contributed by atoms with Gasteiger partial charge < -0.3 is 5.73 Å². The molecule has 0 saturated carbocycles. The number of hydrogen-bond acceptors (Lipinski definition) is 4. The molecule has 0 saturated heterocycles. The van der Waals surface area contributed by atoms with Gasteiger partial charge in [-0.15, -0.1) is 0 Å². The first kappa shape index (κ1) is 14.4. The van der Waals surface area contributed by atoms with Crippen molar-refractivity contribution in [3.8, 4) is 0 Å². The number of aromatic nitrogens is 2. The van der Waals surface area contributed by atoms with Crippen molar-refractivity contribution in [2.75, 3.05) is 10.5 Å². The smallest absolute Gasteiger partial charge is 0.238 e. The maximum absolute atomic E-state index is 12.1. The van der Waals surface area contributed by atoms with E-state index >= 15 is 0 Å². The molecule has 108 valence electrons. The summed E-state index contributed by atoms with van der Waals surface area (Å²) in [6, 6.07) is 8.61. The van der Waals surface area contributed by atoms with Crippen LogP contribution >= 0.6 is 0 Å². The topological polar surface area (TPSA) is 101 Å². The van der Waals surface area contributed by atoms with Crippen LogP contribution in [0.2, 0.25) is 0 Å². The van der Waals surface area contributed by atoms with Crippen LogP contribution < -0.4 is 10.5 Å². The van der Waals surface area contributed by atoms with Crippen molar-refractivity contribution in [3.63, 3.8) is 0 Å². The quantitative estimate of drug-likeness (QED) is 0.708. The van der Waals surface area contributed by atoms with Crippen LogP contribution in [0.5, 0.6) is 0 Å². The molecule has 2 aromatic rings. The lowest BCUT2D eigenvalue weighted by atomic mass is 10.2. The van der Waals surface area contributed by atoms with Crippen molar-refractivity contribution in [1.29, 1.82) is 0 Å².